The first-order valence-electron chi connectivity index (χ1n) is 6.83. The minimum atomic E-state index is 0.515. The molecule has 100 valence electrons. The Bertz CT molecular complexity index is 403. The summed E-state index contributed by atoms with van der Waals surface area (Å²) in [5, 5.41) is 0. The van der Waals surface area contributed by atoms with Gasteiger partial charge in [0.25, 0.3) is 0 Å². The van der Waals surface area contributed by atoms with E-state index in [1.807, 2.05) is 0 Å². The predicted molar refractivity (Wildman–Crippen MR) is 76.4 cm³/mol. The molecule has 1 atom stereocenters. The molecule has 1 aromatic rings. The third kappa shape index (κ3) is 2.32. The molecule has 18 heavy (non-hydrogen) atoms. The smallest absolute Gasteiger partial charge is 0.124 e. The van der Waals surface area contributed by atoms with E-state index in [0.717, 1.165) is 31.6 Å². The van der Waals surface area contributed by atoms with E-state index < -0.39 is 0 Å². The molecular formula is C15H24N2O. The van der Waals surface area contributed by atoms with E-state index in [-0.39, 0.29) is 0 Å². The largest absolute Gasteiger partial charge is 0.496 e. The maximum atomic E-state index is 5.65. The summed E-state index contributed by atoms with van der Waals surface area (Å²) in [6.45, 7) is 5.28. The van der Waals surface area contributed by atoms with Crippen LogP contribution in [0.15, 0.2) is 18.2 Å². The van der Waals surface area contributed by atoms with E-state index in [0.29, 0.717) is 12.1 Å². The van der Waals surface area contributed by atoms with Crippen LogP contribution in [-0.2, 0) is 6.42 Å². The number of rotatable bonds is 5. The van der Waals surface area contributed by atoms with Crippen molar-refractivity contribution in [3.05, 3.63) is 23.8 Å². The number of nitrogens with zero attached hydrogens (tertiary/aromatic N) is 1. The first-order valence-corrected chi connectivity index (χ1v) is 6.83. The van der Waals surface area contributed by atoms with Crippen molar-refractivity contribution in [2.75, 3.05) is 18.6 Å². The molecule has 0 saturated carbocycles. The van der Waals surface area contributed by atoms with Gasteiger partial charge in [-0.2, -0.15) is 0 Å². The molecule has 0 bridgehead atoms. The SMILES string of the molecule is COc1cccc2c1CC(CCCN)N2C(C)C. The lowest BCUT2D eigenvalue weighted by Gasteiger charge is -2.31. The maximum Gasteiger partial charge on any atom is 0.124 e. The number of benzene rings is 1. The average molecular weight is 248 g/mol. The van der Waals surface area contributed by atoms with Crippen molar-refractivity contribution in [3.8, 4) is 5.75 Å². The van der Waals surface area contributed by atoms with Gasteiger partial charge in [0.1, 0.15) is 5.75 Å². The molecule has 0 spiro atoms. The predicted octanol–water partition coefficient (Wildman–Crippen LogP) is 2.57. The number of methoxy groups -OCH3 is 1. The lowest BCUT2D eigenvalue weighted by Crippen LogP contribution is -2.38. The van der Waals surface area contributed by atoms with Crippen molar-refractivity contribution in [3.63, 3.8) is 0 Å². The van der Waals surface area contributed by atoms with Gasteiger partial charge < -0.3 is 15.4 Å². The van der Waals surface area contributed by atoms with Gasteiger partial charge in [-0.15, -0.1) is 0 Å². The van der Waals surface area contributed by atoms with Crippen LogP contribution in [0.4, 0.5) is 5.69 Å². The minimum Gasteiger partial charge on any atom is -0.496 e. The highest BCUT2D eigenvalue weighted by molar-refractivity contribution is 5.65. The molecule has 1 aromatic carbocycles. The molecule has 0 fully saturated rings. The van der Waals surface area contributed by atoms with Crippen LogP contribution in [0.1, 0.15) is 32.3 Å². The van der Waals surface area contributed by atoms with Gasteiger partial charge in [-0.05, 0) is 51.8 Å². The molecule has 0 aromatic heterocycles. The first kappa shape index (κ1) is 13.2. The number of nitrogens with two attached hydrogens (primary N) is 1. The summed E-state index contributed by atoms with van der Waals surface area (Å²) in [6, 6.07) is 7.43. The number of ether oxygens (including phenoxy) is 1. The highest BCUT2D eigenvalue weighted by Gasteiger charge is 2.32. The Hall–Kier alpha value is -1.22. The van der Waals surface area contributed by atoms with Crippen molar-refractivity contribution < 1.29 is 4.74 Å². The van der Waals surface area contributed by atoms with Crippen LogP contribution in [0.3, 0.4) is 0 Å². The molecule has 0 aliphatic carbocycles. The molecule has 1 aliphatic heterocycles. The molecule has 3 nitrogen and oxygen atoms in total. The van der Waals surface area contributed by atoms with E-state index in [1.54, 1.807) is 7.11 Å². The molecule has 1 unspecified atom stereocenters. The maximum absolute atomic E-state index is 5.65. The van der Waals surface area contributed by atoms with Gasteiger partial charge in [-0.1, -0.05) is 6.07 Å². The normalized spacial score (nSPS) is 18.3. The molecule has 1 aliphatic rings. The van der Waals surface area contributed by atoms with Gasteiger partial charge >= 0.3 is 0 Å². The molecule has 0 radical (unpaired) electrons. The summed E-state index contributed by atoms with van der Waals surface area (Å²) in [5.74, 6) is 1.02. The van der Waals surface area contributed by atoms with Crippen molar-refractivity contribution in [2.24, 2.45) is 5.73 Å². The molecule has 1 heterocycles. The van der Waals surface area contributed by atoms with Crippen LogP contribution in [0.5, 0.6) is 5.75 Å². The second kappa shape index (κ2) is 5.61. The Morgan fingerprint density at radius 2 is 2.22 bits per heavy atom. The number of hydrogen-bond donors (Lipinski definition) is 1. The highest BCUT2D eigenvalue weighted by Crippen LogP contribution is 2.40. The van der Waals surface area contributed by atoms with Gasteiger partial charge in [0, 0.05) is 23.3 Å². The molecule has 2 N–H and O–H groups in total. The Morgan fingerprint density at radius 1 is 1.44 bits per heavy atom. The summed E-state index contributed by atoms with van der Waals surface area (Å²) in [6.07, 6.45) is 3.33. The van der Waals surface area contributed by atoms with Gasteiger partial charge in [0.05, 0.1) is 7.11 Å². The first-order chi connectivity index (χ1) is 8.69. The summed E-state index contributed by atoms with van der Waals surface area (Å²) in [5.41, 5.74) is 8.34. The molecule has 0 amide bonds. The molecule has 3 heteroatoms. The number of fused-ring (bicyclic) bond motifs is 1. The summed E-state index contributed by atoms with van der Waals surface area (Å²) < 4.78 is 5.49. The van der Waals surface area contributed by atoms with Crippen LogP contribution in [0.2, 0.25) is 0 Å². The number of anilines is 1. The second-order valence-electron chi connectivity index (χ2n) is 5.25. The summed E-state index contributed by atoms with van der Waals surface area (Å²) in [7, 11) is 1.75. The van der Waals surface area contributed by atoms with Gasteiger partial charge in [-0.25, -0.2) is 0 Å². The lowest BCUT2D eigenvalue weighted by atomic mass is 10.0. The van der Waals surface area contributed by atoms with E-state index in [9.17, 15) is 0 Å². The van der Waals surface area contributed by atoms with E-state index >= 15 is 0 Å². The third-order valence-electron chi connectivity index (χ3n) is 3.74. The lowest BCUT2D eigenvalue weighted by molar-refractivity contribution is 0.409. The molecule has 0 saturated heterocycles. The topological polar surface area (TPSA) is 38.5 Å². The van der Waals surface area contributed by atoms with E-state index in [2.05, 4.69) is 36.9 Å². The Morgan fingerprint density at radius 3 is 2.83 bits per heavy atom. The Labute approximate surface area is 110 Å². The van der Waals surface area contributed by atoms with Crippen molar-refractivity contribution in [1.29, 1.82) is 0 Å². The quantitative estimate of drug-likeness (QED) is 0.870. The highest BCUT2D eigenvalue weighted by atomic mass is 16.5. The molecule has 2 rings (SSSR count). The van der Waals surface area contributed by atoms with Crippen LogP contribution >= 0.6 is 0 Å². The Kier molecular flexibility index (Phi) is 4.12. The zero-order valence-electron chi connectivity index (χ0n) is 11.6. The minimum absolute atomic E-state index is 0.515. The average Bonchev–Trinajstić information content (AvgIpc) is 2.74. The van der Waals surface area contributed by atoms with Crippen LogP contribution in [0.25, 0.3) is 0 Å². The van der Waals surface area contributed by atoms with Gasteiger partial charge in [0.2, 0.25) is 0 Å². The standard InChI is InChI=1S/C15H24N2O/c1-11(2)17-12(6-5-9-16)10-13-14(17)7-4-8-15(13)18-3/h4,7-8,11-12H,5-6,9-10,16H2,1-3H3. The fourth-order valence-electron chi connectivity index (χ4n) is 3.02. The van der Waals surface area contributed by atoms with Crippen LogP contribution < -0.4 is 15.4 Å². The fourth-order valence-corrected chi connectivity index (χ4v) is 3.02. The summed E-state index contributed by atoms with van der Waals surface area (Å²) >= 11 is 0. The third-order valence-corrected chi connectivity index (χ3v) is 3.74. The van der Waals surface area contributed by atoms with Crippen molar-refractivity contribution in [1.82, 2.24) is 0 Å². The number of hydrogen-bond acceptors (Lipinski definition) is 3. The van der Waals surface area contributed by atoms with Crippen molar-refractivity contribution >= 4 is 5.69 Å². The van der Waals surface area contributed by atoms with E-state index in [1.165, 1.54) is 11.3 Å². The zero-order valence-corrected chi connectivity index (χ0v) is 11.6. The summed E-state index contributed by atoms with van der Waals surface area (Å²) in [4.78, 5) is 2.52. The van der Waals surface area contributed by atoms with Crippen LogP contribution in [-0.4, -0.2) is 25.7 Å². The monoisotopic (exact) mass is 248 g/mol. The van der Waals surface area contributed by atoms with E-state index in [4.69, 9.17) is 10.5 Å². The van der Waals surface area contributed by atoms with Crippen molar-refractivity contribution in [2.45, 2.75) is 45.2 Å². The zero-order chi connectivity index (χ0) is 13.1. The fraction of sp³-hybridized carbons (Fsp3) is 0.600. The van der Waals surface area contributed by atoms with Crippen LogP contribution in [0, 0.1) is 0 Å². The molecular weight excluding hydrogens is 224 g/mol. The van der Waals surface area contributed by atoms with Gasteiger partial charge in [0.15, 0.2) is 0 Å². The Balaban J connectivity index is 2.30. The van der Waals surface area contributed by atoms with Gasteiger partial charge in [-0.3, -0.25) is 0 Å². The second-order valence-corrected chi connectivity index (χ2v) is 5.25.